The molecule has 0 heterocycles. The van der Waals surface area contributed by atoms with E-state index in [0.29, 0.717) is 54.6 Å². The average Bonchev–Trinajstić information content (AvgIpc) is 0.677. The molecule has 0 fully saturated rings. The van der Waals surface area contributed by atoms with E-state index in [1.165, 1.54) is 47.6 Å². The predicted molar refractivity (Wildman–Crippen MR) is 391 cm³/mol. The van der Waals surface area contributed by atoms with Crippen LogP contribution in [0.2, 0.25) is 10.0 Å². The van der Waals surface area contributed by atoms with Gasteiger partial charge in [0.25, 0.3) is 0 Å². The molecule has 0 saturated carbocycles. The van der Waals surface area contributed by atoms with Gasteiger partial charge in [0.2, 0.25) is 0 Å². The maximum absolute atomic E-state index is 13.6. The van der Waals surface area contributed by atoms with Gasteiger partial charge >= 0.3 is 18.9 Å². The number of benzene rings is 16. The first-order valence-electron chi connectivity index (χ1n) is 31.0. The maximum Gasteiger partial charge on any atom is 1.00 e. The molecule has 0 aromatic heterocycles. The zero-order valence-corrected chi connectivity index (χ0v) is 54.8. The van der Waals surface area contributed by atoms with Crippen molar-refractivity contribution < 1.29 is 38.7 Å². The predicted octanol–water partition coefficient (Wildman–Crippen LogP) is 19.5. The summed E-state index contributed by atoms with van der Waals surface area (Å²) in [7, 11) is 0. The Morgan fingerprint density at radius 2 is 0.628 bits per heavy atom. The third-order valence-electron chi connectivity index (χ3n) is 17.8. The second-order valence-corrected chi connectivity index (χ2v) is 24.6. The van der Waals surface area contributed by atoms with Crippen molar-refractivity contribution in [2.24, 2.45) is 0 Å². The van der Waals surface area contributed by atoms with Gasteiger partial charge < -0.3 is 10.2 Å². The Morgan fingerprint density at radius 3 is 1.10 bits per heavy atom. The number of aliphatic hydroxyl groups is 2. The summed E-state index contributed by atoms with van der Waals surface area (Å²) in [4.78, 5) is 24.4. The summed E-state index contributed by atoms with van der Waals surface area (Å²) < 4.78 is 1.19. The van der Waals surface area contributed by atoms with Crippen LogP contribution in [0, 0.1) is 6.07 Å². The van der Waals surface area contributed by atoms with E-state index in [9.17, 15) is 19.8 Å². The number of halogens is 3. The number of rotatable bonds is 2. The Labute approximate surface area is 575 Å². The van der Waals surface area contributed by atoms with E-state index in [-0.39, 0.29) is 30.4 Å². The first-order chi connectivity index (χ1) is 45.5. The molecule has 2 unspecified atom stereocenters. The van der Waals surface area contributed by atoms with Crippen LogP contribution in [0.1, 0.15) is 79.1 Å². The van der Waals surface area contributed by atoms with Gasteiger partial charge in [-0.05, 0) is 122 Å². The summed E-state index contributed by atoms with van der Waals surface area (Å²) in [5, 5.41) is 45.8. The Bertz CT molecular complexity index is 5380. The minimum absolute atomic E-state index is 0. The third kappa shape index (κ3) is 10.9. The Hall–Kier alpha value is -9.48. The van der Waals surface area contributed by atoms with Crippen molar-refractivity contribution in [2.45, 2.75) is 25.0 Å². The van der Waals surface area contributed by atoms with Crippen LogP contribution in [0.5, 0.6) is 0 Å². The maximum atomic E-state index is 13.6. The van der Waals surface area contributed by atoms with Crippen molar-refractivity contribution in [3.8, 4) is 0 Å². The second kappa shape index (κ2) is 26.5. The fourth-order valence-electron chi connectivity index (χ4n) is 13.8. The van der Waals surface area contributed by atoms with E-state index >= 15 is 0 Å². The first kappa shape index (κ1) is 63.3. The topological polar surface area (TPSA) is 74.6 Å². The van der Waals surface area contributed by atoms with Crippen LogP contribution >= 0.6 is 39.1 Å². The number of hydrogen-bond acceptors (Lipinski definition) is 4. The number of fused-ring (bicyclic) bond motifs is 12. The van der Waals surface area contributed by atoms with Crippen molar-refractivity contribution in [1.29, 1.82) is 0 Å². The van der Waals surface area contributed by atoms with Crippen LogP contribution in [0.25, 0.3) is 86.2 Å². The molecule has 4 nitrogen and oxygen atoms in total. The van der Waals surface area contributed by atoms with Crippen LogP contribution in [0.15, 0.2) is 308 Å². The molecule has 2 aliphatic carbocycles. The number of hydrogen-bond donors (Lipinski definition) is 2. The molecule has 0 radical (unpaired) electrons. The Kier molecular flexibility index (Phi) is 17.8. The van der Waals surface area contributed by atoms with E-state index in [4.69, 9.17) is 23.2 Å². The normalized spacial score (nSPS) is 15.0. The fourth-order valence-corrected chi connectivity index (χ4v) is 15.1. The van der Waals surface area contributed by atoms with Crippen LogP contribution in [-0.2, 0) is 11.2 Å². The van der Waals surface area contributed by atoms with Crippen molar-refractivity contribution >= 4 is 137 Å². The smallest absolute Gasteiger partial charge is 0.376 e. The van der Waals surface area contributed by atoms with Gasteiger partial charge in [0, 0.05) is 48.4 Å². The summed E-state index contributed by atoms with van der Waals surface area (Å²) >= 11 is 16.9. The van der Waals surface area contributed by atoms with Crippen molar-refractivity contribution in [2.75, 3.05) is 0 Å². The van der Waals surface area contributed by atoms with Gasteiger partial charge in [-0.2, -0.15) is 0 Å². The van der Waals surface area contributed by atoms with Gasteiger partial charge in [-0.1, -0.05) is 303 Å². The summed E-state index contributed by atoms with van der Waals surface area (Å²) in [5.41, 5.74) is 2.08. The van der Waals surface area contributed by atoms with Gasteiger partial charge in [-0.15, -0.1) is 35.0 Å². The molecule has 2 atom stereocenters. The first-order valence-corrected chi connectivity index (χ1v) is 32.5. The Balaban J connectivity index is 0.000000133. The Morgan fingerprint density at radius 1 is 0.319 bits per heavy atom. The van der Waals surface area contributed by atoms with Crippen molar-refractivity contribution in [3.63, 3.8) is 0 Å². The van der Waals surface area contributed by atoms with Crippen LogP contribution in [-0.4, -0.2) is 21.8 Å². The van der Waals surface area contributed by atoms with E-state index in [2.05, 4.69) is 180 Å². The van der Waals surface area contributed by atoms with E-state index < -0.39 is 11.2 Å². The molecule has 18 rings (SSSR count). The second-order valence-electron chi connectivity index (χ2n) is 23.0. The molecule has 8 heteroatoms. The molecule has 16 aromatic carbocycles. The molecule has 0 amide bonds. The molecular weight excluding hydrogens is 1250 g/mol. The minimum atomic E-state index is -1.68. The molecule has 94 heavy (non-hydrogen) atoms. The SMILES string of the molecule is Brc1c2ccccc2cc2ccccc12.CC.O=C1c2ccccc2C(=O)c2c(Cl)cccc21.OC1(c2c3ccccc3cc3ccccc23)c2ccccc2C(O)(c2c3ccccc3cc3ccccc23)c2c(Cl)cccc21.[Li+].[c-]1c2ccccc2cc2ccccc12. The van der Waals surface area contributed by atoms with Gasteiger partial charge in [-0.3, -0.25) is 9.59 Å². The molecule has 0 aliphatic heterocycles. The zero-order valence-electron chi connectivity index (χ0n) is 51.7. The van der Waals surface area contributed by atoms with Gasteiger partial charge in [0.05, 0.1) is 10.6 Å². The van der Waals surface area contributed by atoms with E-state index in [0.717, 1.165) is 54.2 Å². The molecular formula is C86H58BrCl2LiO4. The van der Waals surface area contributed by atoms with Crippen molar-refractivity contribution in [3.05, 3.63) is 380 Å². The molecule has 2 N–H and O–H groups in total. The standard InChI is InChI=1S/C42H27ClO2.C14H9Br.C14H7ClO2.C14H9.C2H6.Li/c43-37-23-11-22-36-40(37)42(45,39-32-18-7-3-14-28(32)25-29-15-4-8-19-33(29)39)35-21-10-9-20-34(35)41(36,44)38-30-16-5-1-12-26(30)24-27-13-2-6-17-31(27)38;15-14-12-7-3-1-5-10(12)9-11-6-2-4-8-13(11)14;15-11-7-3-6-10-12(11)14(17)9-5-2-1-4-8(9)13(10)16;1-2-6-12-10-14-8-4-3-7-13(14)9-11(12)5-1;1-2;/h1-25,44-45H;1-9H;1-7H;1-9H;1-2H3;/q;;;-1;;+1. The molecule has 0 saturated heterocycles. The molecule has 0 bridgehead atoms. The monoisotopic (exact) mass is 1310 g/mol. The number of carbonyl (C=O) groups is 2. The molecule has 16 aromatic rings. The molecule has 448 valence electrons. The fraction of sp³-hybridized carbons (Fsp3) is 0.0465. The summed E-state index contributed by atoms with van der Waals surface area (Å²) in [5.74, 6) is -0.321. The molecule has 2 aliphatic rings. The van der Waals surface area contributed by atoms with E-state index in [1.807, 2.05) is 117 Å². The summed E-state index contributed by atoms with van der Waals surface area (Å²) in [6.45, 7) is 4.00. The van der Waals surface area contributed by atoms with Crippen LogP contribution in [0.3, 0.4) is 0 Å². The van der Waals surface area contributed by atoms with E-state index in [1.54, 1.807) is 42.5 Å². The summed E-state index contributed by atoms with van der Waals surface area (Å²) in [6.07, 6.45) is 0. The van der Waals surface area contributed by atoms with Crippen molar-refractivity contribution in [1.82, 2.24) is 0 Å². The van der Waals surface area contributed by atoms with Gasteiger partial charge in [0.1, 0.15) is 11.2 Å². The summed E-state index contributed by atoms with van der Waals surface area (Å²) in [6, 6.07) is 104. The largest absolute Gasteiger partial charge is 1.00 e. The number of ketones is 2. The number of carbonyl (C=O) groups excluding carboxylic acids is 2. The zero-order chi connectivity index (χ0) is 64.0. The third-order valence-corrected chi connectivity index (χ3v) is 19.3. The van der Waals surface area contributed by atoms with Crippen LogP contribution < -0.4 is 18.9 Å². The molecule has 0 spiro atoms. The minimum Gasteiger partial charge on any atom is -0.376 e. The van der Waals surface area contributed by atoms with Crippen LogP contribution in [0.4, 0.5) is 0 Å². The quantitative estimate of drug-likeness (QED) is 0.103. The van der Waals surface area contributed by atoms with Gasteiger partial charge in [-0.25, -0.2) is 0 Å². The van der Waals surface area contributed by atoms with Gasteiger partial charge in [0.15, 0.2) is 11.6 Å². The average molecular weight is 1310 g/mol.